The molecule has 0 aliphatic rings. The fraction of sp³-hybridized carbons (Fsp3) is 0.357. The Morgan fingerprint density at radius 3 is 1.37 bits per heavy atom. The van der Waals surface area contributed by atoms with Crippen LogP contribution in [0.2, 0.25) is 10.0 Å². The van der Waals surface area contributed by atoms with Crippen LogP contribution in [0.25, 0.3) is 22.3 Å². The molecule has 15 nitrogen and oxygen atoms in total. The zero-order valence-corrected chi connectivity index (χ0v) is 47.3. The molecule has 4 aromatic carbocycles. The van der Waals surface area contributed by atoms with E-state index in [-0.39, 0.29) is 48.1 Å². The number of carboxylic acids is 1. The number of pyridine rings is 2. The third-order valence-electron chi connectivity index (χ3n) is 12.8. The molecule has 0 radical (unpaired) electrons. The summed E-state index contributed by atoms with van der Waals surface area (Å²) in [6, 6.07) is 29.2. The lowest BCUT2D eigenvalue weighted by molar-refractivity contribution is -0.137. The zero-order chi connectivity index (χ0) is 55.7. The predicted octanol–water partition coefficient (Wildman–Crippen LogP) is 9.51. The quantitative estimate of drug-likeness (QED) is 0.0452. The summed E-state index contributed by atoms with van der Waals surface area (Å²) in [4.78, 5) is 32.0. The number of carboxylic acid groups (broad SMARTS) is 1. The standard InChI is InChI=1S/C28H35ClN4O3S.C26H29ClN2O4S.C2H8N2/c1-20-19-31-15-13-24(20)22-8-5-9-23(18-22)28(3,4)33(17-7-12-27(34)32-16-14-30)37(35,36)26-11-6-10-25(29)21(26)2;1-18-17-28-14-13-22(18)20-8-5-9-21(16-20)26(3,4)29(15-7-12-25(30)31)34(32,33)24-11-6-10-23(27)19(24)2;3-1-2-4/h5-6,8-11,13,15,18-19H,7,12,14,16-17,30H2,1-4H3,(H,32,34);5-6,8-11,13-14,16-17H,7,12,15H2,1-4H3,(H,30,31);1-4H2. The van der Waals surface area contributed by atoms with E-state index in [0.717, 1.165) is 44.5 Å². The molecular formula is C56H72Cl2N8O7S2. The number of halogens is 2. The molecule has 0 saturated heterocycles. The normalized spacial score (nSPS) is 11.9. The summed E-state index contributed by atoms with van der Waals surface area (Å²) >= 11 is 12.5. The molecule has 75 heavy (non-hydrogen) atoms. The number of rotatable bonds is 21. The topological polar surface area (TPSA) is 245 Å². The average molecular weight is 1100 g/mol. The van der Waals surface area contributed by atoms with Crippen LogP contribution in [0.5, 0.6) is 0 Å². The number of benzene rings is 4. The molecule has 19 heteroatoms. The second-order valence-corrected chi connectivity index (χ2v) is 23.3. The fourth-order valence-electron chi connectivity index (χ4n) is 8.45. The molecule has 0 fully saturated rings. The maximum atomic E-state index is 14.1. The van der Waals surface area contributed by atoms with Gasteiger partial charge in [-0.25, -0.2) is 16.8 Å². The van der Waals surface area contributed by atoms with Crippen LogP contribution in [0.15, 0.2) is 132 Å². The van der Waals surface area contributed by atoms with E-state index in [9.17, 15) is 26.4 Å². The van der Waals surface area contributed by atoms with E-state index in [2.05, 4.69) is 15.3 Å². The molecule has 0 atom stereocenters. The van der Waals surface area contributed by atoms with Crippen molar-refractivity contribution in [3.63, 3.8) is 0 Å². The van der Waals surface area contributed by atoms with E-state index in [1.54, 1.807) is 62.8 Å². The van der Waals surface area contributed by atoms with Crippen molar-refractivity contribution in [2.75, 3.05) is 39.3 Å². The van der Waals surface area contributed by atoms with Crippen molar-refractivity contribution in [3.8, 4) is 22.3 Å². The molecule has 6 rings (SSSR count). The van der Waals surface area contributed by atoms with E-state index >= 15 is 0 Å². The molecule has 2 heterocycles. The molecule has 0 aliphatic heterocycles. The number of nitrogens with one attached hydrogen (secondary N) is 1. The van der Waals surface area contributed by atoms with Gasteiger partial charge < -0.3 is 27.6 Å². The first-order valence-electron chi connectivity index (χ1n) is 24.5. The highest BCUT2D eigenvalue weighted by Gasteiger charge is 2.41. The van der Waals surface area contributed by atoms with Crippen LogP contribution in [0.3, 0.4) is 0 Å². The largest absolute Gasteiger partial charge is 0.481 e. The number of amides is 1. The molecule has 8 N–H and O–H groups in total. The van der Waals surface area contributed by atoms with Gasteiger partial charge in [-0.3, -0.25) is 19.6 Å². The number of aliphatic carboxylic acids is 1. The Kier molecular flexibility index (Phi) is 23.1. The molecule has 404 valence electrons. The van der Waals surface area contributed by atoms with Gasteiger partial charge in [0, 0.05) is 86.9 Å². The number of sulfonamides is 2. The van der Waals surface area contributed by atoms with Crippen molar-refractivity contribution in [3.05, 3.63) is 165 Å². The van der Waals surface area contributed by atoms with Gasteiger partial charge in [0.25, 0.3) is 0 Å². The van der Waals surface area contributed by atoms with Crippen molar-refractivity contribution < 1.29 is 31.5 Å². The maximum Gasteiger partial charge on any atom is 0.303 e. The first-order chi connectivity index (χ1) is 35.4. The zero-order valence-electron chi connectivity index (χ0n) is 44.1. The van der Waals surface area contributed by atoms with Crippen LogP contribution in [-0.2, 0) is 40.7 Å². The van der Waals surface area contributed by atoms with Gasteiger partial charge in [0.1, 0.15) is 0 Å². The Morgan fingerprint density at radius 1 is 0.600 bits per heavy atom. The number of carbonyl (C=O) groups excluding carboxylic acids is 1. The molecule has 0 aliphatic carbocycles. The van der Waals surface area contributed by atoms with E-state index in [0.29, 0.717) is 53.8 Å². The first kappa shape index (κ1) is 61.9. The molecule has 1 amide bonds. The van der Waals surface area contributed by atoms with E-state index in [4.69, 9.17) is 45.5 Å². The summed E-state index contributed by atoms with van der Waals surface area (Å²) in [6.45, 7) is 16.9. The van der Waals surface area contributed by atoms with Crippen LogP contribution < -0.4 is 22.5 Å². The van der Waals surface area contributed by atoms with E-state index < -0.39 is 37.1 Å². The van der Waals surface area contributed by atoms with Gasteiger partial charge in [-0.1, -0.05) is 71.7 Å². The van der Waals surface area contributed by atoms with Crippen molar-refractivity contribution >= 4 is 55.1 Å². The second kappa shape index (κ2) is 28.0. The number of hydrogen-bond acceptors (Lipinski definition) is 11. The molecule has 6 aromatic rings. The van der Waals surface area contributed by atoms with Crippen molar-refractivity contribution in [1.29, 1.82) is 0 Å². The van der Waals surface area contributed by atoms with Gasteiger partial charge in [-0.05, 0) is 172 Å². The Balaban J connectivity index is 0.000000304. The average Bonchev–Trinajstić information content (AvgIpc) is 3.37. The van der Waals surface area contributed by atoms with Crippen LogP contribution >= 0.6 is 23.2 Å². The third kappa shape index (κ3) is 16.0. The third-order valence-corrected chi connectivity index (χ3v) is 18.0. The van der Waals surface area contributed by atoms with Crippen LogP contribution in [-0.4, -0.2) is 91.7 Å². The summed E-state index contributed by atoms with van der Waals surface area (Å²) < 4.78 is 59.0. The minimum Gasteiger partial charge on any atom is -0.481 e. The lowest BCUT2D eigenvalue weighted by Gasteiger charge is -2.38. The smallest absolute Gasteiger partial charge is 0.303 e. The molecule has 0 saturated carbocycles. The van der Waals surface area contributed by atoms with E-state index in [1.165, 1.54) is 14.7 Å². The minimum absolute atomic E-state index is 0.0477. The molecule has 0 spiro atoms. The van der Waals surface area contributed by atoms with Crippen molar-refractivity contribution in [2.24, 2.45) is 17.2 Å². The Hall–Kier alpha value is -5.60. The molecule has 0 unspecified atom stereocenters. The molecule has 2 aromatic heterocycles. The summed E-state index contributed by atoms with van der Waals surface area (Å²) in [5, 5.41) is 12.6. The van der Waals surface area contributed by atoms with Crippen molar-refractivity contribution in [2.45, 2.75) is 102 Å². The highest BCUT2D eigenvalue weighted by atomic mass is 35.5. The van der Waals surface area contributed by atoms with Gasteiger partial charge in [0.15, 0.2) is 0 Å². The highest BCUT2D eigenvalue weighted by Crippen LogP contribution is 2.39. The maximum absolute atomic E-state index is 14.1. The van der Waals surface area contributed by atoms with Gasteiger partial charge in [0.2, 0.25) is 26.0 Å². The summed E-state index contributed by atoms with van der Waals surface area (Å²) in [6.07, 6.45) is 7.65. The molecular weight excluding hydrogens is 1030 g/mol. The van der Waals surface area contributed by atoms with Gasteiger partial charge >= 0.3 is 5.97 Å². The number of nitrogens with two attached hydrogens (primary N) is 3. The minimum atomic E-state index is -4.00. The number of hydrogen-bond donors (Lipinski definition) is 5. The van der Waals surface area contributed by atoms with Gasteiger partial charge in [-0.15, -0.1) is 0 Å². The fourth-order valence-corrected chi connectivity index (χ4v) is 13.0. The Bertz CT molecular complexity index is 3120. The number of aryl methyl sites for hydroxylation is 2. The number of aromatic nitrogens is 2. The highest BCUT2D eigenvalue weighted by molar-refractivity contribution is 7.89. The Morgan fingerprint density at radius 2 is 1.00 bits per heavy atom. The van der Waals surface area contributed by atoms with Gasteiger partial charge in [0.05, 0.1) is 20.9 Å². The van der Waals surface area contributed by atoms with Crippen LogP contribution in [0, 0.1) is 27.7 Å². The van der Waals surface area contributed by atoms with Crippen LogP contribution in [0.4, 0.5) is 0 Å². The summed E-state index contributed by atoms with van der Waals surface area (Å²) in [5.41, 5.74) is 22.0. The lowest BCUT2D eigenvalue weighted by atomic mass is 9.90. The van der Waals surface area contributed by atoms with E-state index in [1.807, 2.05) is 108 Å². The van der Waals surface area contributed by atoms with Gasteiger partial charge in [-0.2, -0.15) is 8.61 Å². The molecule has 0 bridgehead atoms. The van der Waals surface area contributed by atoms with Crippen molar-refractivity contribution in [1.82, 2.24) is 23.9 Å². The predicted molar refractivity (Wildman–Crippen MR) is 301 cm³/mol. The number of carbonyl (C=O) groups is 2. The summed E-state index contributed by atoms with van der Waals surface area (Å²) in [5.74, 6) is -1.13. The monoisotopic (exact) mass is 1100 g/mol. The Labute approximate surface area is 454 Å². The first-order valence-corrected chi connectivity index (χ1v) is 28.2. The number of nitrogens with zero attached hydrogens (tertiary/aromatic N) is 4. The lowest BCUT2D eigenvalue weighted by Crippen LogP contribution is -2.46. The van der Waals surface area contributed by atoms with Crippen LogP contribution in [0.1, 0.15) is 86.8 Å². The summed E-state index contributed by atoms with van der Waals surface area (Å²) in [7, 11) is -7.97. The SMILES string of the molecule is Cc1cnccc1-c1cccc(C(C)(C)N(CCCC(=O)NCCN)S(=O)(=O)c2cccc(Cl)c2C)c1.Cc1cnccc1-c1cccc(C(C)(C)N(CCCC(=O)O)S(=O)(=O)c2cccc(Cl)c2C)c1.NCCN. The second-order valence-electron chi connectivity index (χ2n) is 18.9.